The summed E-state index contributed by atoms with van der Waals surface area (Å²) in [5, 5.41) is 5.15. The number of carbonyl (C=O) groups excluding carboxylic acids is 2. The van der Waals surface area contributed by atoms with Crippen LogP contribution in [0.5, 0.6) is 0 Å². The topological polar surface area (TPSA) is 58.2 Å². The van der Waals surface area contributed by atoms with Crippen molar-refractivity contribution >= 4 is 11.8 Å². The molecule has 0 aromatic heterocycles. The lowest BCUT2D eigenvalue weighted by molar-refractivity contribution is -0.288. The maximum Gasteiger partial charge on any atom is 0.411 e. The zero-order valence-corrected chi connectivity index (χ0v) is 25.1. The SMILES string of the molecule is Cc1ccc(C(=O)NCc2cccc(C(c3cccc(CNC(=O)c4ccc(C)c(C)c4)c3)(C(F)(F)F)C(F)(F)F)c2)cc1C. The molecule has 0 aliphatic rings. The molecule has 0 fully saturated rings. The molecule has 0 saturated carbocycles. The van der Waals surface area contributed by atoms with Gasteiger partial charge in [-0.3, -0.25) is 9.59 Å². The van der Waals surface area contributed by atoms with Gasteiger partial charge in [0.25, 0.3) is 11.8 Å². The van der Waals surface area contributed by atoms with Crippen LogP contribution >= 0.6 is 0 Å². The molecule has 10 heteroatoms. The van der Waals surface area contributed by atoms with E-state index in [-0.39, 0.29) is 24.2 Å². The molecule has 0 heterocycles. The molecule has 0 spiro atoms. The summed E-state index contributed by atoms with van der Waals surface area (Å²) < 4.78 is 89.1. The van der Waals surface area contributed by atoms with Crippen LogP contribution in [-0.2, 0) is 18.5 Å². The second-order valence-corrected chi connectivity index (χ2v) is 11.1. The van der Waals surface area contributed by atoms with E-state index in [1.54, 1.807) is 36.4 Å². The second-order valence-electron chi connectivity index (χ2n) is 11.1. The van der Waals surface area contributed by atoms with Crippen molar-refractivity contribution in [3.05, 3.63) is 141 Å². The van der Waals surface area contributed by atoms with Crippen LogP contribution in [0.2, 0.25) is 0 Å². The van der Waals surface area contributed by atoms with E-state index >= 15 is 0 Å². The van der Waals surface area contributed by atoms with Crippen LogP contribution in [0.15, 0.2) is 84.9 Å². The monoisotopic (exact) mass is 626 g/mol. The maximum atomic E-state index is 14.9. The molecule has 45 heavy (non-hydrogen) atoms. The normalized spacial score (nSPS) is 12.1. The first kappa shape index (κ1) is 33.3. The Morgan fingerprint density at radius 2 is 0.911 bits per heavy atom. The smallest absolute Gasteiger partial charge is 0.348 e. The van der Waals surface area contributed by atoms with Gasteiger partial charge >= 0.3 is 12.4 Å². The Morgan fingerprint density at radius 1 is 0.533 bits per heavy atom. The summed E-state index contributed by atoms with van der Waals surface area (Å²) in [6.45, 7) is 6.78. The van der Waals surface area contributed by atoms with Gasteiger partial charge < -0.3 is 10.6 Å². The number of hydrogen-bond acceptors (Lipinski definition) is 2. The molecular formula is C35H32F6N2O2. The highest BCUT2D eigenvalue weighted by Gasteiger charge is 2.72. The van der Waals surface area contributed by atoms with Gasteiger partial charge in [-0.05, 0) is 96.5 Å². The van der Waals surface area contributed by atoms with E-state index in [1.165, 1.54) is 12.1 Å². The maximum absolute atomic E-state index is 14.9. The molecule has 4 aromatic carbocycles. The molecule has 4 aromatic rings. The van der Waals surface area contributed by atoms with Gasteiger partial charge in [-0.25, -0.2) is 0 Å². The van der Waals surface area contributed by atoms with Crippen LogP contribution in [0, 0.1) is 27.7 Å². The molecule has 0 unspecified atom stereocenters. The van der Waals surface area contributed by atoms with Crippen LogP contribution in [0.1, 0.15) is 65.2 Å². The summed E-state index contributed by atoms with van der Waals surface area (Å²) >= 11 is 0. The van der Waals surface area contributed by atoms with Gasteiger partial charge in [0, 0.05) is 24.2 Å². The van der Waals surface area contributed by atoms with Crippen LogP contribution in [0.25, 0.3) is 0 Å². The third-order valence-electron chi connectivity index (χ3n) is 8.01. The molecule has 0 aliphatic carbocycles. The van der Waals surface area contributed by atoms with Crippen molar-refractivity contribution in [3.8, 4) is 0 Å². The van der Waals surface area contributed by atoms with Crippen LogP contribution < -0.4 is 10.6 Å². The minimum Gasteiger partial charge on any atom is -0.348 e. The Hall–Kier alpha value is -4.60. The highest BCUT2D eigenvalue weighted by molar-refractivity contribution is 5.95. The fourth-order valence-corrected chi connectivity index (χ4v) is 5.15. The van der Waals surface area contributed by atoms with E-state index in [2.05, 4.69) is 10.6 Å². The number of benzene rings is 4. The Labute approximate surface area is 257 Å². The van der Waals surface area contributed by atoms with Gasteiger partial charge in [-0.15, -0.1) is 0 Å². The lowest BCUT2D eigenvalue weighted by Gasteiger charge is -2.38. The number of nitrogens with one attached hydrogen (secondary N) is 2. The fraction of sp³-hybridized carbons (Fsp3) is 0.257. The Balaban J connectivity index is 1.66. The molecule has 4 nitrogen and oxygen atoms in total. The van der Waals surface area contributed by atoms with E-state index in [0.717, 1.165) is 58.7 Å². The molecule has 0 saturated heterocycles. The van der Waals surface area contributed by atoms with Crippen molar-refractivity contribution in [1.82, 2.24) is 10.6 Å². The Kier molecular flexibility index (Phi) is 9.46. The highest BCUT2D eigenvalue weighted by Crippen LogP contribution is 2.56. The quantitative estimate of drug-likeness (QED) is 0.194. The van der Waals surface area contributed by atoms with Crippen LogP contribution in [0.4, 0.5) is 26.3 Å². The summed E-state index contributed by atoms with van der Waals surface area (Å²) in [6, 6.07) is 18.1. The van der Waals surface area contributed by atoms with Crippen molar-refractivity contribution in [2.24, 2.45) is 0 Å². The van der Waals surface area contributed by atoms with Crippen LogP contribution in [0.3, 0.4) is 0 Å². The molecule has 236 valence electrons. The van der Waals surface area contributed by atoms with Gasteiger partial charge in [0.1, 0.15) is 0 Å². The Bertz CT molecular complexity index is 1600. The standard InChI is InChI=1S/C35H32F6N2O2/c1-21-11-13-27(15-23(21)3)31(44)42-19-25-7-5-9-29(17-25)33(34(36,37)38,35(39,40)41)30-10-6-8-26(18-30)20-43-32(45)28-14-12-22(2)24(4)16-28/h5-18H,19-20H2,1-4H3,(H,42,44)(H,43,45). The van der Waals surface area contributed by atoms with E-state index in [1.807, 2.05) is 27.7 Å². The fourth-order valence-electron chi connectivity index (χ4n) is 5.15. The largest absolute Gasteiger partial charge is 0.411 e. The number of aryl methyl sites for hydroxylation is 4. The molecule has 0 radical (unpaired) electrons. The van der Waals surface area contributed by atoms with Gasteiger partial charge in [0.15, 0.2) is 0 Å². The summed E-state index contributed by atoms with van der Waals surface area (Å²) in [7, 11) is 0. The average Bonchev–Trinajstić information content (AvgIpc) is 2.97. The average molecular weight is 627 g/mol. The predicted molar refractivity (Wildman–Crippen MR) is 160 cm³/mol. The third-order valence-corrected chi connectivity index (χ3v) is 8.01. The van der Waals surface area contributed by atoms with Gasteiger partial charge in [0.2, 0.25) is 5.41 Å². The number of hydrogen-bond donors (Lipinski definition) is 2. The number of rotatable bonds is 8. The number of carbonyl (C=O) groups is 2. The van der Waals surface area contributed by atoms with Crippen molar-refractivity contribution in [1.29, 1.82) is 0 Å². The predicted octanol–water partition coefficient (Wildman–Crippen LogP) is 8.19. The third kappa shape index (κ3) is 6.90. The lowest BCUT2D eigenvalue weighted by Crippen LogP contribution is -2.54. The van der Waals surface area contributed by atoms with Crippen molar-refractivity contribution in [3.63, 3.8) is 0 Å². The number of amides is 2. The van der Waals surface area contributed by atoms with E-state index in [0.29, 0.717) is 11.1 Å². The van der Waals surface area contributed by atoms with Gasteiger partial charge in [0.05, 0.1) is 0 Å². The van der Waals surface area contributed by atoms with Crippen molar-refractivity contribution < 1.29 is 35.9 Å². The van der Waals surface area contributed by atoms with Crippen molar-refractivity contribution in [2.45, 2.75) is 58.6 Å². The molecule has 4 rings (SSSR count). The first-order valence-corrected chi connectivity index (χ1v) is 14.1. The van der Waals surface area contributed by atoms with Crippen molar-refractivity contribution in [2.75, 3.05) is 0 Å². The highest BCUT2D eigenvalue weighted by atomic mass is 19.4. The van der Waals surface area contributed by atoms with Gasteiger partial charge in [-0.1, -0.05) is 60.7 Å². The Morgan fingerprint density at radius 3 is 1.24 bits per heavy atom. The minimum atomic E-state index is -5.80. The summed E-state index contributed by atoms with van der Waals surface area (Å²) in [5.41, 5.74) is -2.10. The molecular weight excluding hydrogens is 594 g/mol. The molecule has 2 N–H and O–H groups in total. The van der Waals surface area contributed by atoms with E-state index in [9.17, 15) is 35.9 Å². The second kappa shape index (κ2) is 12.8. The minimum absolute atomic E-state index is 0.0550. The zero-order valence-electron chi connectivity index (χ0n) is 25.1. The first-order chi connectivity index (χ1) is 21.0. The summed E-state index contributed by atoms with van der Waals surface area (Å²) in [4.78, 5) is 25.3. The van der Waals surface area contributed by atoms with Gasteiger partial charge in [-0.2, -0.15) is 26.3 Å². The zero-order chi connectivity index (χ0) is 33.2. The summed E-state index contributed by atoms with van der Waals surface area (Å²) in [5.74, 6) is -1.03. The van der Waals surface area contributed by atoms with E-state index < -0.39 is 40.7 Å². The lowest BCUT2D eigenvalue weighted by atomic mass is 9.72. The molecule has 2 amide bonds. The number of halogens is 6. The van der Waals surface area contributed by atoms with Crippen LogP contribution in [-0.4, -0.2) is 24.2 Å². The molecule has 0 atom stereocenters. The molecule has 0 aliphatic heterocycles. The molecule has 0 bridgehead atoms. The van der Waals surface area contributed by atoms with E-state index in [4.69, 9.17) is 0 Å². The number of alkyl halides is 6. The first-order valence-electron chi connectivity index (χ1n) is 14.1. The summed E-state index contributed by atoms with van der Waals surface area (Å²) in [6.07, 6.45) is -11.6.